The normalized spacial score (nSPS) is 20.9. The van der Waals surface area contributed by atoms with Gasteiger partial charge in [-0.25, -0.2) is 0 Å². The summed E-state index contributed by atoms with van der Waals surface area (Å²) in [5, 5.41) is 10.3. The molecule has 23 heavy (non-hydrogen) atoms. The maximum Gasteiger partial charge on any atom is 0.269 e. The van der Waals surface area contributed by atoms with Crippen molar-refractivity contribution in [3.8, 4) is 11.3 Å². The highest BCUT2D eigenvalue weighted by atomic mass is 16.2. The summed E-state index contributed by atoms with van der Waals surface area (Å²) in [5.74, 6) is -0.0744. The molecule has 1 heterocycles. The van der Waals surface area contributed by atoms with E-state index in [-0.39, 0.29) is 11.9 Å². The molecule has 3 rings (SSSR count). The molecule has 1 aromatic carbocycles. The number of aryl methyl sites for hydroxylation is 1. The largest absolute Gasteiger partial charge is 0.346 e. The van der Waals surface area contributed by atoms with E-state index < -0.39 is 0 Å². The SMILES string of the molecule is Cc1ccc(-c2cc(C(=O)NC3CCCC3N(C)C)[nH]n2)cc1. The van der Waals surface area contributed by atoms with Gasteiger partial charge in [0.1, 0.15) is 5.69 Å². The molecule has 0 saturated heterocycles. The number of benzene rings is 1. The molecular formula is C18H24N4O. The molecule has 1 amide bonds. The first kappa shape index (κ1) is 15.7. The van der Waals surface area contributed by atoms with E-state index >= 15 is 0 Å². The van der Waals surface area contributed by atoms with Crippen LogP contribution in [0, 0.1) is 6.92 Å². The van der Waals surface area contributed by atoms with Crippen LogP contribution in [0.1, 0.15) is 35.3 Å². The molecule has 2 atom stereocenters. The number of hydrogen-bond donors (Lipinski definition) is 2. The lowest BCUT2D eigenvalue weighted by Gasteiger charge is -2.26. The van der Waals surface area contributed by atoms with Crippen molar-refractivity contribution in [2.45, 2.75) is 38.3 Å². The van der Waals surface area contributed by atoms with Crippen LogP contribution in [0.25, 0.3) is 11.3 Å². The summed E-state index contributed by atoms with van der Waals surface area (Å²) in [4.78, 5) is 14.7. The molecule has 5 nitrogen and oxygen atoms in total. The fourth-order valence-corrected chi connectivity index (χ4v) is 3.28. The highest BCUT2D eigenvalue weighted by Crippen LogP contribution is 2.23. The van der Waals surface area contributed by atoms with Crippen molar-refractivity contribution in [3.63, 3.8) is 0 Å². The van der Waals surface area contributed by atoms with Gasteiger partial charge in [0.05, 0.1) is 5.69 Å². The van der Waals surface area contributed by atoms with Crippen LogP contribution in [0.2, 0.25) is 0 Å². The minimum Gasteiger partial charge on any atom is -0.346 e. The van der Waals surface area contributed by atoms with Crippen LogP contribution in [0.3, 0.4) is 0 Å². The third kappa shape index (κ3) is 3.45. The Bertz CT molecular complexity index is 675. The highest BCUT2D eigenvalue weighted by molar-refractivity contribution is 5.93. The van der Waals surface area contributed by atoms with Crippen molar-refractivity contribution in [2.75, 3.05) is 14.1 Å². The number of hydrogen-bond acceptors (Lipinski definition) is 3. The molecule has 1 fully saturated rings. The lowest BCUT2D eigenvalue weighted by Crippen LogP contribution is -2.46. The van der Waals surface area contributed by atoms with Gasteiger partial charge < -0.3 is 10.2 Å². The number of H-pyrrole nitrogens is 1. The molecule has 0 bridgehead atoms. The third-order valence-corrected chi connectivity index (χ3v) is 4.63. The number of aromatic amines is 1. The van der Waals surface area contributed by atoms with Gasteiger partial charge in [-0.1, -0.05) is 29.8 Å². The molecule has 0 spiro atoms. The Morgan fingerprint density at radius 3 is 2.70 bits per heavy atom. The van der Waals surface area contributed by atoms with Gasteiger partial charge in [-0.3, -0.25) is 9.89 Å². The summed E-state index contributed by atoms with van der Waals surface area (Å²) >= 11 is 0. The van der Waals surface area contributed by atoms with Crippen LogP contribution in [-0.4, -0.2) is 47.2 Å². The summed E-state index contributed by atoms with van der Waals surface area (Å²) in [7, 11) is 4.14. The predicted octanol–water partition coefficient (Wildman–Crippen LogP) is 2.60. The van der Waals surface area contributed by atoms with Crippen molar-refractivity contribution >= 4 is 5.91 Å². The first-order valence-electron chi connectivity index (χ1n) is 8.14. The van der Waals surface area contributed by atoms with Crippen molar-refractivity contribution in [1.29, 1.82) is 0 Å². The van der Waals surface area contributed by atoms with E-state index in [9.17, 15) is 4.79 Å². The average Bonchev–Trinajstić information content (AvgIpc) is 3.16. The smallest absolute Gasteiger partial charge is 0.269 e. The van der Waals surface area contributed by atoms with Crippen LogP contribution in [-0.2, 0) is 0 Å². The fraction of sp³-hybridized carbons (Fsp3) is 0.444. The number of rotatable bonds is 4. The van der Waals surface area contributed by atoms with Crippen LogP contribution < -0.4 is 5.32 Å². The number of nitrogens with zero attached hydrogens (tertiary/aromatic N) is 2. The van der Waals surface area contributed by atoms with E-state index in [0.717, 1.165) is 30.5 Å². The van der Waals surface area contributed by atoms with Gasteiger partial charge in [0.25, 0.3) is 5.91 Å². The molecule has 122 valence electrons. The second-order valence-corrected chi connectivity index (χ2v) is 6.57. The fourth-order valence-electron chi connectivity index (χ4n) is 3.28. The topological polar surface area (TPSA) is 61.0 Å². The lowest BCUT2D eigenvalue weighted by atomic mass is 10.1. The van der Waals surface area contributed by atoms with E-state index in [0.29, 0.717) is 11.7 Å². The Hall–Kier alpha value is -2.14. The quantitative estimate of drug-likeness (QED) is 0.912. The molecule has 2 aromatic rings. The van der Waals surface area contributed by atoms with Crippen LogP contribution in [0.5, 0.6) is 0 Å². The maximum atomic E-state index is 12.5. The number of carbonyl (C=O) groups excluding carboxylic acids is 1. The summed E-state index contributed by atoms with van der Waals surface area (Å²) < 4.78 is 0. The first-order valence-corrected chi connectivity index (χ1v) is 8.14. The van der Waals surface area contributed by atoms with Crippen molar-refractivity contribution in [3.05, 3.63) is 41.6 Å². The van der Waals surface area contributed by atoms with Gasteiger partial charge in [-0.2, -0.15) is 5.10 Å². The lowest BCUT2D eigenvalue weighted by molar-refractivity contribution is 0.0914. The van der Waals surface area contributed by atoms with Gasteiger partial charge in [0.2, 0.25) is 0 Å². The minimum absolute atomic E-state index is 0.0744. The van der Waals surface area contributed by atoms with E-state index in [1.807, 2.05) is 30.3 Å². The third-order valence-electron chi connectivity index (χ3n) is 4.63. The highest BCUT2D eigenvalue weighted by Gasteiger charge is 2.30. The van der Waals surface area contributed by atoms with E-state index in [2.05, 4.69) is 41.4 Å². The van der Waals surface area contributed by atoms with E-state index in [4.69, 9.17) is 0 Å². The Balaban J connectivity index is 1.70. The van der Waals surface area contributed by atoms with Gasteiger partial charge in [0, 0.05) is 17.6 Å². The molecule has 1 aliphatic rings. The van der Waals surface area contributed by atoms with Crippen molar-refractivity contribution in [2.24, 2.45) is 0 Å². The zero-order valence-electron chi connectivity index (χ0n) is 14.0. The van der Waals surface area contributed by atoms with Crippen LogP contribution in [0.15, 0.2) is 30.3 Å². The maximum absolute atomic E-state index is 12.5. The molecular weight excluding hydrogens is 288 g/mol. The van der Waals surface area contributed by atoms with E-state index in [1.165, 1.54) is 5.56 Å². The molecule has 2 N–H and O–H groups in total. The summed E-state index contributed by atoms with van der Waals surface area (Å²) in [5.41, 5.74) is 3.53. The Morgan fingerprint density at radius 1 is 1.26 bits per heavy atom. The standard InChI is InChI=1S/C18H24N4O/c1-12-7-9-13(10-8-12)15-11-16(21-20-15)18(23)19-14-5-4-6-17(14)22(2)3/h7-11,14,17H,4-6H2,1-3H3,(H,19,23)(H,20,21). The molecule has 0 aliphatic heterocycles. The van der Waals surface area contributed by atoms with Gasteiger partial charge in [0.15, 0.2) is 0 Å². The molecule has 1 saturated carbocycles. The first-order chi connectivity index (χ1) is 11.0. The monoisotopic (exact) mass is 312 g/mol. The summed E-state index contributed by atoms with van der Waals surface area (Å²) in [6, 6.07) is 10.6. The average molecular weight is 312 g/mol. The number of aromatic nitrogens is 2. The second-order valence-electron chi connectivity index (χ2n) is 6.57. The molecule has 1 aromatic heterocycles. The Kier molecular flexibility index (Phi) is 4.48. The zero-order valence-corrected chi connectivity index (χ0v) is 14.0. The van der Waals surface area contributed by atoms with Gasteiger partial charge in [-0.15, -0.1) is 0 Å². The van der Waals surface area contributed by atoms with Crippen LogP contribution in [0.4, 0.5) is 0 Å². The van der Waals surface area contributed by atoms with Crippen molar-refractivity contribution < 1.29 is 4.79 Å². The van der Waals surface area contributed by atoms with Gasteiger partial charge >= 0.3 is 0 Å². The molecule has 1 aliphatic carbocycles. The second kappa shape index (κ2) is 6.54. The zero-order chi connectivity index (χ0) is 16.4. The predicted molar refractivity (Wildman–Crippen MR) is 91.3 cm³/mol. The number of nitrogens with one attached hydrogen (secondary N) is 2. The molecule has 5 heteroatoms. The number of carbonyl (C=O) groups is 1. The molecule has 2 unspecified atom stereocenters. The number of likely N-dealkylation sites (N-methyl/N-ethyl adjacent to an activating group) is 1. The summed E-state index contributed by atoms with van der Waals surface area (Å²) in [6.45, 7) is 2.05. The van der Waals surface area contributed by atoms with E-state index in [1.54, 1.807) is 0 Å². The Labute approximate surface area is 137 Å². The van der Waals surface area contributed by atoms with Crippen molar-refractivity contribution in [1.82, 2.24) is 20.4 Å². The Morgan fingerprint density at radius 2 is 2.00 bits per heavy atom. The van der Waals surface area contributed by atoms with Crippen LogP contribution >= 0.6 is 0 Å². The van der Waals surface area contributed by atoms with Gasteiger partial charge in [-0.05, 0) is 46.3 Å². The molecule has 0 radical (unpaired) electrons. The number of amides is 1. The summed E-state index contributed by atoms with van der Waals surface area (Å²) in [6.07, 6.45) is 3.33. The minimum atomic E-state index is -0.0744.